The summed E-state index contributed by atoms with van der Waals surface area (Å²) in [4.78, 5) is 24.1. The Morgan fingerprint density at radius 2 is 1.70 bits per heavy atom. The minimum atomic E-state index is -0.0711. The molecule has 1 aliphatic heterocycles. The standard InChI is InChI=1S/C19H17N3O/c1-12-11-14-7-3-6-10-17(14)22(12)19(23)18-13(2)20-15-8-4-5-9-16(15)21-18/h3-10,12H,11H2,1-2H3. The monoisotopic (exact) mass is 303 g/mol. The molecule has 0 N–H and O–H groups in total. The van der Waals surface area contributed by atoms with Gasteiger partial charge in [-0.05, 0) is 44.0 Å². The summed E-state index contributed by atoms with van der Waals surface area (Å²) in [5, 5.41) is 0. The Labute approximate surface area is 134 Å². The van der Waals surface area contributed by atoms with E-state index in [1.54, 1.807) is 0 Å². The number of aryl methyl sites for hydroxylation is 1. The van der Waals surface area contributed by atoms with E-state index < -0.39 is 0 Å². The first-order valence-corrected chi connectivity index (χ1v) is 7.80. The zero-order valence-electron chi connectivity index (χ0n) is 13.2. The second-order valence-electron chi connectivity index (χ2n) is 6.00. The highest BCUT2D eigenvalue weighted by molar-refractivity contribution is 6.07. The smallest absolute Gasteiger partial charge is 0.279 e. The van der Waals surface area contributed by atoms with Gasteiger partial charge in [0.1, 0.15) is 0 Å². The van der Waals surface area contributed by atoms with Gasteiger partial charge in [-0.2, -0.15) is 0 Å². The Balaban J connectivity index is 1.82. The second-order valence-corrected chi connectivity index (χ2v) is 6.00. The van der Waals surface area contributed by atoms with Crippen LogP contribution >= 0.6 is 0 Å². The van der Waals surface area contributed by atoms with Gasteiger partial charge < -0.3 is 4.90 Å². The van der Waals surface area contributed by atoms with Crippen molar-refractivity contribution in [3.63, 3.8) is 0 Å². The first-order chi connectivity index (χ1) is 11.1. The quantitative estimate of drug-likeness (QED) is 0.691. The molecule has 1 amide bonds. The van der Waals surface area contributed by atoms with Crippen LogP contribution in [0.25, 0.3) is 11.0 Å². The number of nitrogens with zero attached hydrogens (tertiary/aromatic N) is 3. The Hall–Kier alpha value is -2.75. The van der Waals surface area contributed by atoms with Crippen molar-refractivity contribution in [1.82, 2.24) is 9.97 Å². The number of hydrogen-bond acceptors (Lipinski definition) is 3. The molecule has 3 aromatic rings. The molecule has 1 atom stereocenters. The van der Waals surface area contributed by atoms with E-state index in [2.05, 4.69) is 23.0 Å². The van der Waals surface area contributed by atoms with Crippen LogP contribution in [-0.4, -0.2) is 21.9 Å². The largest absolute Gasteiger partial charge is 0.304 e. The average Bonchev–Trinajstić information content (AvgIpc) is 2.89. The fourth-order valence-corrected chi connectivity index (χ4v) is 3.28. The minimum absolute atomic E-state index is 0.0711. The first kappa shape index (κ1) is 13.9. The Bertz CT molecular complexity index is 919. The minimum Gasteiger partial charge on any atom is -0.304 e. The van der Waals surface area contributed by atoms with Crippen LogP contribution in [0, 0.1) is 6.92 Å². The predicted octanol–water partition coefficient (Wildman–Crippen LogP) is 3.53. The molecule has 4 heteroatoms. The van der Waals surface area contributed by atoms with Gasteiger partial charge in [0.25, 0.3) is 5.91 Å². The summed E-state index contributed by atoms with van der Waals surface area (Å²) in [6, 6.07) is 15.8. The maximum absolute atomic E-state index is 13.1. The van der Waals surface area contributed by atoms with E-state index in [4.69, 9.17) is 0 Å². The van der Waals surface area contributed by atoms with Gasteiger partial charge in [-0.1, -0.05) is 30.3 Å². The van der Waals surface area contributed by atoms with Gasteiger partial charge >= 0.3 is 0 Å². The predicted molar refractivity (Wildman–Crippen MR) is 90.7 cm³/mol. The molecule has 2 aromatic carbocycles. The molecule has 2 heterocycles. The maximum Gasteiger partial charge on any atom is 0.279 e. The van der Waals surface area contributed by atoms with Crippen molar-refractivity contribution in [1.29, 1.82) is 0 Å². The number of amides is 1. The summed E-state index contributed by atoms with van der Waals surface area (Å²) in [5.41, 5.74) is 4.87. The van der Waals surface area contributed by atoms with Crippen molar-refractivity contribution < 1.29 is 4.79 Å². The summed E-state index contributed by atoms with van der Waals surface area (Å²) >= 11 is 0. The molecule has 0 saturated heterocycles. The third-order valence-corrected chi connectivity index (χ3v) is 4.37. The van der Waals surface area contributed by atoms with Gasteiger partial charge in [-0.3, -0.25) is 4.79 Å². The first-order valence-electron chi connectivity index (χ1n) is 7.80. The van der Waals surface area contributed by atoms with Crippen LogP contribution in [0.1, 0.15) is 28.7 Å². The Kier molecular flexibility index (Phi) is 3.11. The zero-order chi connectivity index (χ0) is 16.0. The van der Waals surface area contributed by atoms with Crippen molar-refractivity contribution in [3.05, 3.63) is 65.5 Å². The fourth-order valence-electron chi connectivity index (χ4n) is 3.28. The molecular formula is C19H17N3O. The topological polar surface area (TPSA) is 46.1 Å². The molecule has 1 aliphatic rings. The Morgan fingerprint density at radius 1 is 1.04 bits per heavy atom. The lowest BCUT2D eigenvalue weighted by molar-refractivity contribution is 0.0976. The van der Waals surface area contributed by atoms with E-state index in [-0.39, 0.29) is 11.9 Å². The van der Waals surface area contributed by atoms with Crippen molar-refractivity contribution >= 4 is 22.6 Å². The molecule has 114 valence electrons. The number of aromatic nitrogens is 2. The van der Waals surface area contributed by atoms with Crippen LogP contribution in [-0.2, 0) is 6.42 Å². The highest BCUT2D eigenvalue weighted by atomic mass is 16.2. The summed E-state index contributed by atoms with van der Waals surface area (Å²) in [6.45, 7) is 3.92. The summed E-state index contributed by atoms with van der Waals surface area (Å²) < 4.78 is 0. The van der Waals surface area contributed by atoms with Crippen LogP contribution in [0.5, 0.6) is 0 Å². The van der Waals surface area contributed by atoms with E-state index in [0.717, 1.165) is 23.1 Å². The van der Waals surface area contributed by atoms with Crippen LogP contribution in [0.2, 0.25) is 0 Å². The van der Waals surface area contributed by atoms with Crippen LogP contribution < -0.4 is 4.90 Å². The molecular weight excluding hydrogens is 286 g/mol. The maximum atomic E-state index is 13.1. The third kappa shape index (κ3) is 2.18. The number of rotatable bonds is 1. The number of anilines is 1. The number of carbonyl (C=O) groups excluding carboxylic acids is 1. The van der Waals surface area contributed by atoms with Gasteiger partial charge in [-0.25, -0.2) is 9.97 Å². The van der Waals surface area contributed by atoms with E-state index in [1.165, 1.54) is 5.56 Å². The Morgan fingerprint density at radius 3 is 2.48 bits per heavy atom. The molecule has 0 saturated carbocycles. The lowest BCUT2D eigenvalue weighted by Crippen LogP contribution is -2.36. The molecule has 4 rings (SSSR count). The molecule has 1 unspecified atom stereocenters. The lowest BCUT2D eigenvalue weighted by Gasteiger charge is -2.23. The van der Waals surface area contributed by atoms with E-state index in [0.29, 0.717) is 11.4 Å². The SMILES string of the molecule is Cc1nc2ccccc2nc1C(=O)N1c2ccccc2CC1C. The molecule has 0 fully saturated rings. The molecule has 0 radical (unpaired) electrons. The van der Waals surface area contributed by atoms with E-state index in [1.807, 2.05) is 54.3 Å². The summed E-state index contributed by atoms with van der Waals surface area (Å²) in [6.07, 6.45) is 0.877. The second kappa shape index (κ2) is 5.16. The molecule has 23 heavy (non-hydrogen) atoms. The van der Waals surface area contributed by atoms with Gasteiger partial charge in [0.2, 0.25) is 0 Å². The number of fused-ring (bicyclic) bond motifs is 2. The van der Waals surface area contributed by atoms with E-state index >= 15 is 0 Å². The fraction of sp³-hybridized carbons (Fsp3) is 0.211. The summed E-state index contributed by atoms with van der Waals surface area (Å²) in [7, 11) is 0. The number of carbonyl (C=O) groups is 1. The normalized spacial score (nSPS) is 16.6. The highest BCUT2D eigenvalue weighted by Gasteiger charge is 2.32. The third-order valence-electron chi connectivity index (χ3n) is 4.37. The molecule has 4 nitrogen and oxygen atoms in total. The lowest BCUT2D eigenvalue weighted by atomic mass is 10.1. The number of benzene rings is 2. The number of para-hydroxylation sites is 3. The van der Waals surface area contributed by atoms with Crippen molar-refractivity contribution in [2.45, 2.75) is 26.3 Å². The van der Waals surface area contributed by atoms with Gasteiger partial charge in [0.15, 0.2) is 5.69 Å². The van der Waals surface area contributed by atoms with Gasteiger partial charge in [0.05, 0.1) is 16.7 Å². The van der Waals surface area contributed by atoms with Crippen LogP contribution in [0.15, 0.2) is 48.5 Å². The van der Waals surface area contributed by atoms with E-state index in [9.17, 15) is 4.79 Å². The molecule has 0 bridgehead atoms. The van der Waals surface area contributed by atoms with Crippen LogP contribution in [0.4, 0.5) is 5.69 Å². The van der Waals surface area contributed by atoms with Crippen LogP contribution in [0.3, 0.4) is 0 Å². The molecule has 1 aromatic heterocycles. The van der Waals surface area contributed by atoms with Gasteiger partial charge in [-0.15, -0.1) is 0 Å². The average molecular weight is 303 g/mol. The van der Waals surface area contributed by atoms with Crippen molar-refractivity contribution in [3.8, 4) is 0 Å². The number of hydrogen-bond donors (Lipinski definition) is 0. The van der Waals surface area contributed by atoms with Gasteiger partial charge in [0, 0.05) is 11.7 Å². The highest BCUT2D eigenvalue weighted by Crippen LogP contribution is 2.33. The van der Waals surface area contributed by atoms with Crippen molar-refractivity contribution in [2.75, 3.05) is 4.90 Å². The zero-order valence-corrected chi connectivity index (χ0v) is 13.2. The summed E-state index contributed by atoms with van der Waals surface area (Å²) in [5.74, 6) is -0.0711. The van der Waals surface area contributed by atoms with Crippen molar-refractivity contribution in [2.24, 2.45) is 0 Å². The molecule has 0 spiro atoms. The molecule has 0 aliphatic carbocycles.